The first-order valence-electron chi connectivity index (χ1n) is 8.33. The Bertz CT molecular complexity index is 781. The average Bonchev–Trinajstić information content (AvgIpc) is 2.69. The summed E-state index contributed by atoms with van der Waals surface area (Å²) in [5.41, 5.74) is 0.667. The van der Waals surface area contributed by atoms with Crippen LogP contribution in [0.2, 0.25) is 0 Å². The molecule has 1 saturated heterocycles. The van der Waals surface area contributed by atoms with Gasteiger partial charge < -0.3 is 14.8 Å². The van der Waals surface area contributed by atoms with E-state index >= 15 is 0 Å². The minimum atomic E-state index is -0.771. The second kappa shape index (κ2) is 7.53. The van der Waals surface area contributed by atoms with Crippen molar-refractivity contribution in [1.82, 2.24) is 0 Å². The lowest BCUT2D eigenvalue weighted by molar-refractivity contribution is -0.384. The first-order chi connectivity index (χ1) is 12.5. The van der Waals surface area contributed by atoms with E-state index in [2.05, 4.69) is 5.32 Å². The number of ether oxygens (including phenoxy) is 2. The van der Waals surface area contributed by atoms with Crippen molar-refractivity contribution in [2.75, 3.05) is 25.6 Å². The summed E-state index contributed by atoms with van der Waals surface area (Å²) in [5.74, 6) is 0.568. The third-order valence-corrected chi connectivity index (χ3v) is 4.76. The second-order valence-electron chi connectivity index (χ2n) is 6.18. The summed E-state index contributed by atoms with van der Waals surface area (Å²) >= 11 is 0. The number of carbonyl (C=O) groups excluding carboxylic acids is 1. The van der Waals surface area contributed by atoms with Gasteiger partial charge in [-0.2, -0.15) is 0 Å². The number of anilines is 1. The van der Waals surface area contributed by atoms with Crippen molar-refractivity contribution >= 4 is 17.3 Å². The van der Waals surface area contributed by atoms with Crippen LogP contribution in [0.5, 0.6) is 5.75 Å². The van der Waals surface area contributed by atoms with Crippen LogP contribution in [0, 0.1) is 10.1 Å². The zero-order chi connectivity index (χ0) is 18.6. The highest BCUT2D eigenvalue weighted by Crippen LogP contribution is 2.37. The van der Waals surface area contributed by atoms with E-state index in [4.69, 9.17) is 9.47 Å². The van der Waals surface area contributed by atoms with Crippen LogP contribution in [0.3, 0.4) is 0 Å². The van der Waals surface area contributed by atoms with E-state index in [1.807, 2.05) is 0 Å². The van der Waals surface area contributed by atoms with E-state index in [0.29, 0.717) is 37.5 Å². The van der Waals surface area contributed by atoms with Gasteiger partial charge in [-0.1, -0.05) is 12.1 Å². The number of non-ortho nitro benzene ring substituents is 1. The number of nitrogens with zero attached hydrogens (tertiary/aromatic N) is 1. The zero-order valence-electron chi connectivity index (χ0n) is 14.4. The van der Waals surface area contributed by atoms with Crippen molar-refractivity contribution in [2.45, 2.75) is 18.3 Å². The molecule has 1 aliphatic rings. The maximum atomic E-state index is 13.1. The molecule has 1 fully saturated rings. The van der Waals surface area contributed by atoms with E-state index in [1.54, 1.807) is 43.5 Å². The molecule has 3 rings (SSSR count). The molecule has 0 atom stereocenters. The van der Waals surface area contributed by atoms with E-state index in [-0.39, 0.29) is 11.6 Å². The van der Waals surface area contributed by atoms with E-state index in [1.165, 1.54) is 12.1 Å². The predicted molar refractivity (Wildman–Crippen MR) is 96.5 cm³/mol. The molecule has 0 saturated carbocycles. The van der Waals surface area contributed by atoms with Gasteiger partial charge in [-0.25, -0.2) is 0 Å². The molecule has 0 aliphatic carbocycles. The van der Waals surface area contributed by atoms with Crippen LogP contribution in [-0.4, -0.2) is 31.2 Å². The summed E-state index contributed by atoms with van der Waals surface area (Å²) in [6.07, 6.45) is 1.04. The largest absolute Gasteiger partial charge is 0.497 e. The van der Waals surface area contributed by atoms with Crippen LogP contribution in [0.4, 0.5) is 11.4 Å². The SMILES string of the molecule is COc1ccc(NC(=O)C2(c3ccc([N+](=O)[O-])cc3)CCOCC2)cc1. The van der Waals surface area contributed by atoms with Crippen molar-refractivity contribution in [1.29, 1.82) is 0 Å². The molecule has 1 amide bonds. The summed E-state index contributed by atoms with van der Waals surface area (Å²) in [7, 11) is 1.58. The fraction of sp³-hybridized carbons (Fsp3) is 0.316. The molecule has 0 bridgehead atoms. The molecule has 7 nitrogen and oxygen atoms in total. The number of nitrogens with one attached hydrogen (secondary N) is 1. The van der Waals surface area contributed by atoms with E-state index < -0.39 is 10.3 Å². The quantitative estimate of drug-likeness (QED) is 0.656. The molecule has 0 radical (unpaired) electrons. The second-order valence-corrected chi connectivity index (χ2v) is 6.18. The molecular formula is C19H20N2O5. The standard InChI is InChI=1S/C19H20N2O5/c1-25-17-8-4-15(5-9-17)20-18(22)19(10-12-26-13-11-19)14-2-6-16(7-3-14)21(23)24/h2-9H,10-13H2,1H3,(H,20,22). The highest BCUT2D eigenvalue weighted by molar-refractivity contribution is 5.99. The number of carbonyl (C=O) groups is 1. The summed E-state index contributed by atoms with van der Waals surface area (Å²) in [6, 6.07) is 13.3. The Balaban J connectivity index is 1.88. The van der Waals surface area contributed by atoms with Crippen LogP contribution < -0.4 is 10.1 Å². The van der Waals surface area contributed by atoms with Gasteiger partial charge in [0.15, 0.2) is 0 Å². The summed E-state index contributed by atoms with van der Waals surface area (Å²) in [6.45, 7) is 0.931. The fourth-order valence-electron chi connectivity index (χ4n) is 3.19. The maximum absolute atomic E-state index is 13.1. The molecule has 136 valence electrons. The lowest BCUT2D eigenvalue weighted by Crippen LogP contribution is -2.44. The summed E-state index contributed by atoms with van der Waals surface area (Å²) < 4.78 is 10.6. The van der Waals surface area contributed by atoms with Crippen LogP contribution in [-0.2, 0) is 14.9 Å². The Labute approximate surface area is 151 Å². The third-order valence-electron chi connectivity index (χ3n) is 4.76. The normalized spacial score (nSPS) is 15.9. The molecule has 1 heterocycles. The van der Waals surface area contributed by atoms with Crippen molar-refractivity contribution in [3.8, 4) is 5.75 Å². The van der Waals surface area contributed by atoms with Crippen LogP contribution in [0.1, 0.15) is 18.4 Å². The predicted octanol–water partition coefficient (Wildman–Crippen LogP) is 3.29. The molecule has 0 unspecified atom stereocenters. The number of rotatable bonds is 5. The van der Waals surface area contributed by atoms with Gasteiger partial charge in [-0.3, -0.25) is 14.9 Å². The van der Waals surface area contributed by atoms with Crippen molar-refractivity contribution < 1.29 is 19.2 Å². The molecule has 1 N–H and O–H groups in total. The molecule has 2 aromatic carbocycles. The van der Waals surface area contributed by atoms with Crippen LogP contribution in [0.15, 0.2) is 48.5 Å². The molecular weight excluding hydrogens is 336 g/mol. The molecule has 1 aliphatic heterocycles. The first kappa shape index (κ1) is 17.9. The van der Waals surface area contributed by atoms with E-state index in [9.17, 15) is 14.9 Å². The van der Waals surface area contributed by atoms with Crippen molar-refractivity contribution in [3.05, 3.63) is 64.2 Å². The minimum absolute atomic E-state index is 0.00604. The van der Waals surface area contributed by atoms with Crippen LogP contribution in [0.25, 0.3) is 0 Å². The van der Waals surface area contributed by atoms with Gasteiger partial charge in [0.05, 0.1) is 17.4 Å². The Hall–Kier alpha value is -2.93. The molecule has 2 aromatic rings. The third kappa shape index (κ3) is 3.52. The number of amides is 1. The highest BCUT2D eigenvalue weighted by atomic mass is 16.6. The van der Waals surface area contributed by atoms with Gasteiger partial charge in [0.25, 0.3) is 5.69 Å². The number of benzene rings is 2. The van der Waals surface area contributed by atoms with Crippen molar-refractivity contribution in [3.63, 3.8) is 0 Å². The van der Waals surface area contributed by atoms with E-state index in [0.717, 1.165) is 5.56 Å². The number of nitro benzene ring substituents is 1. The Kier molecular flexibility index (Phi) is 5.18. The monoisotopic (exact) mass is 356 g/mol. The Morgan fingerprint density at radius 2 is 1.73 bits per heavy atom. The Morgan fingerprint density at radius 1 is 1.12 bits per heavy atom. The first-order valence-corrected chi connectivity index (χ1v) is 8.33. The molecule has 7 heteroatoms. The highest BCUT2D eigenvalue weighted by Gasteiger charge is 2.42. The lowest BCUT2D eigenvalue weighted by atomic mass is 9.73. The maximum Gasteiger partial charge on any atom is 0.269 e. The van der Waals surface area contributed by atoms with Gasteiger partial charge in [-0.05, 0) is 42.7 Å². The van der Waals surface area contributed by atoms with Crippen molar-refractivity contribution in [2.24, 2.45) is 0 Å². The zero-order valence-corrected chi connectivity index (χ0v) is 14.4. The summed E-state index contributed by atoms with van der Waals surface area (Å²) in [5, 5.41) is 13.8. The number of methoxy groups -OCH3 is 1. The van der Waals surface area contributed by atoms with Gasteiger partial charge >= 0.3 is 0 Å². The minimum Gasteiger partial charge on any atom is -0.497 e. The Morgan fingerprint density at radius 3 is 2.27 bits per heavy atom. The molecule has 0 aromatic heterocycles. The van der Waals surface area contributed by atoms with Gasteiger partial charge in [-0.15, -0.1) is 0 Å². The topological polar surface area (TPSA) is 90.7 Å². The van der Waals surface area contributed by atoms with Gasteiger partial charge in [0, 0.05) is 31.0 Å². The van der Waals surface area contributed by atoms with Gasteiger partial charge in [0.2, 0.25) is 5.91 Å². The molecule has 26 heavy (non-hydrogen) atoms. The lowest BCUT2D eigenvalue weighted by Gasteiger charge is -2.36. The summed E-state index contributed by atoms with van der Waals surface area (Å²) in [4.78, 5) is 23.6. The fourth-order valence-corrected chi connectivity index (χ4v) is 3.19. The van der Waals surface area contributed by atoms with Crippen LogP contribution >= 0.6 is 0 Å². The average molecular weight is 356 g/mol. The number of nitro groups is 1. The van der Waals surface area contributed by atoms with Gasteiger partial charge in [0.1, 0.15) is 5.75 Å². The number of hydrogen-bond donors (Lipinski definition) is 1. The smallest absolute Gasteiger partial charge is 0.269 e. The molecule has 0 spiro atoms. The number of hydrogen-bond acceptors (Lipinski definition) is 5.